The lowest BCUT2D eigenvalue weighted by Crippen LogP contribution is -2.40. The molecular formula is C16H22N2O2S. The van der Waals surface area contributed by atoms with Crippen molar-refractivity contribution in [3.8, 4) is 0 Å². The van der Waals surface area contributed by atoms with Gasteiger partial charge >= 0.3 is 0 Å². The van der Waals surface area contributed by atoms with Crippen LogP contribution in [0.2, 0.25) is 0 Å². The van der Waals surface area contributed by atoms with Crippen LogP contribution in [-0.2, 0) is 9.53 Å². The summed E-state index contributed by atoms with van der Waals surface area (Å²) in [6.45, 7) is 3.23. The number of thiocarbonyl (C=S) groups is 1. The van der Waals surface area contributed by atoms with E-state index in [0.717, 1.165) is 18.5 Å². The van der Waals surface area contributed by atoms with E-state index in [1.165, 1.54) is 0 Å². The number of carbonyl (C=O) groups is 1. The summed E-state index contributed by atoms with van der Waals surface area (Å²) in [6.07, 6.45) is 2.19. The van der Waals surface area contributed by atoms with Crippen molar-refractivity contribution >= 4 is 28.8 Å². The van der Waals surface area contributed by atoms with Crippen molar-refractivity contribution in [1.82, 2.24) is 0 Å². The minimum Gasteiger partial charge on any atom is -0.393 e. The molecule has 2 atom stereocenters. The van der Waals surface area contributed by atoms with E-state index in [1.807, 2.05) is 30.3 Å². The van der Waals surface area contributed by atoms with Gasteiger partial charge in [0.05, 0.1) is 17.0 Å². The molecule has 0 aliphatic carbocycles. The lowest BCUT2D eigenvalue weighted by atomic mass is 9.97. The standard InChI is InChI=1S/C16H22N2O2S/c1-2-14-13(9-11-20-14)16(19)18(10-8-15(17)21)12-6-4-3-5-7-12/h3-7,13-14H,2,8-11H2,1H3,(H2,17,21). The molecule has 0 aromatic heterocycles. The van der Waals surface area contributed by atoms with Gasteiger partial charge in [0.25, 0.3) is 0 Å². The molecule has 1 heterocycles. The van der Waals surface area contributed by atoms with Gasteiger partial charge in [0.2, 0.25) is 5.91 Å². The van der Waals surface area contributed by atoms with E-state index >= 15 is 0 Å². The fraction of sp³-hybridized carbons (Fsp3) is 0.500. The van der Waals surface area contributed by atoms with Crippen LogP contribution >= 0.6 is 12.2 Å². The molecule has 2 rings (SSSR count). The molecule has 114 valence electrons. The Morgan fingerprint density at radius 1 is 1.43 bits per heavy atom. The zero-order chi connectivity index (χ0) is 15.2. The number of hydrogen-bond acceptors (Lipinski definition) is 3. The molecule has 1 aliphatic heterocycles. The average Bonchev–Trinajstić information content (AvgIpc) is 2.96. The third-order valence-corrected chi connectivity index (χ3v) is 4.05. The number of hydrogen-bond donors (Lipinski definition) is 1. The van der Waals surface area contributed by atoms with Crippen LogP contribution in [0.15, 0.2) is 30.3 Å². The Balaban J connectivity index is 2.18. The number of benzene rings is 1. The summed E-state index contributed by atoms with van der Waals surface area (Å²) in [7, 11) is 0. The number of carbonyl (C=O) groups excluding carboxylic acids is 1. The SMILES string of the molecule is CCC1OCCC1C(=O)N(CCC(N)=S)c1ccccc1. The van der Waals surface area contributed by atoms with Gasteiger partial charge in [0, 0.05) is 25.3 Å². The maximum absolute atomic E-state index is 12.9. The first-order valence-electron chi connectivity index (χ1n) is 7.39. The molecule has 0 radical (unpaired) electrons. The average molecular weight is 306 g/mol. The van der Waals surface area contributed by atoms with Crippen LogP contribution in [0.4, 0.5) is 5.69 Å². The van der Waals surface area contributed by atoms with E-state index in [4.69, 9.17) is 22.7 Å². The monoisotopic (exact) mass is 306 g/mol. The highest BCUT2D eigenvalue weighted by atomic mass is 32.1. The molecule has 5 heteroatoms. The fourth-order valence-corrected chi connectivity index (χ4v) is 2.82. The van der Waals surface area contributed by atoms with E-state index in [-0.39, 0.29) is 17.9 Å². The number of amides is 1. The number of rotatable bonds is 6. The number of ether oxygens (including phenoxy) is 1. The first-order chi connectivity index (χ1) is 10.1. The highest BCUT2D eigenvalue weighted by Crippen LogP contribution is 2.27. The third-order valence-electron chi connectivity index (χ3n) is 3.84. The van der Waals surface area contributed by atoms with Gasteiger partial charge in [-0.2, -0.15) is 0 Å². The van der Waals surface area contributed by atoms with Crippen molar-refractivity contribution in [2.45, 2.75) is 32.3 Å². The number of nitrogens with two attached hydrogens (primary N) is 1. The summed E-state index contributed by atoms with van der Waals surface area (Å²) in [5.41, 5.74) is 6.48. The fourth-order valence-electron chi connectivity index (χ4n) is 2.73. The molecule has 0 saturated carbocycles. The van der Waals surface area contributed by atoms with Gasteiger partial charge in [0.1, 0.15) is 0 Å². The number of anilines is 1. The highest BCUT2D eigenvalue weighted by Gasteiger charge is 2.35. The Hall–Kier alpha value is -1.46. The summed E-state index contributed by atoms with van der Waals surface area (Å²) < 4.78 is 5.65. The smallest absolute Gasteiger partial charge is 0.232 e. The predicted molar refractivity (Wildman–Crippen MR) is 88.3 cm³/mol. The first-order valence-corrected chi connectivity index (χ1v) is 7.80. The van der Waals surface area contributed by atoms with E-state index in [9.17, 15) is 4.79 Å². The van der Waals surface area contributed by atoms with Gasteiger partial charge in [0.15, 0.2) is 0 Å². The molecule has 1 fully saturated rings. The predicted octanol–water partition coefficient (Wildman–Crippen LogP) is 2.51. The number of para-hydroxylation sites is 1. The van der Waals surface area contributed by atoms with Gasteiger partial charge in [-0.25, -0.2) is 0 Å². The van der Waals surface area contributed by atoms with Crippen molar-refractivity contribution in [2.75, 3.05) is 18.1 Å². The molecule has 2 unspecified atom stereocenters. The molecule has 0 spiro atoms. The summed E-state index contributed by atoms with van der Waals surface area (Å²) in [6, 6.07) is 9.67. The molecule has 1 aromatic rings. The zero-order valence-electron chi connectivity index (χ0n) is 12.3. The zero-order valence-corrected chi connectivity index (χ0v) is 13.1. The summed E-state index contributed by atoms with van der Waals surface area (Å²) in [5, 5.41) is 0. The second kappa shape index (κ2) is 7.52. The van der Waals surface area contributed by atoms with Crippen LogP contribution in [0.3, 0.4) is 0 Å². The van der Waals surface area contributed by atoms with Gasteiger partial charge in [-0.05, 0) is 25.0 Å². The minimum absolute atomic E-state index is 0.0218. The van der Waals surface area contributed by atoms with E-state index < -0.39 is 0 Å². The largest absolute Gasteiger partial charge is 0.393 e. The van der Waals surface area contributed by atoms with Crippen LogP contribution in [0, 0.1) is 5.92 Å². The molecular weight excluding hydrogens is 284 g/mol. The van der Waals surface area contributed by atoms with Gasteiger partial charge in [-0.3, -0.25) is 4.79 Å². The Bertz CT molecular complexity index is 492. The normalized spacial score (nSPS) is 21.2. The Morgan fingerprint density at radius 2 is 2.14 bits per heavy atom. The van der Waals surface area contributed by atoms with Crippen molar-refractivity contribution in [3.05, 3.63) is 30.3 Å². The minimum atomic E-state index is -0.0680. The van der Waals surface area contributed by atoms with Crippen LogP contribution in [0.1, 0.15) is 26.2 Å². The topological polar surface area (TPSA) is 55.6 Å². The highest BCUT2D eigenvalue weighted by molar-refractivity contribution is 7.80. The summed E-state index contributed by atoms with van der Waals surface area (Å²) >= 11 is 4.95. The molecule has 2 N–H and O–H groups in total. The van der Waals surface area contributed by atoms with E-state index in [0.29, 0.717) is 24.6 Å². The maximum Gasteiger partial charge on any atom is 0.232 e. The lowest BCUT2D eigenvalue weighted by molar-refractivity contribution is -0.124. The molecule has 1 saturated heterocycles. The Morgan fingerprint density at radius 3 is 2.76 bits per heavy atom. The Labute approximate surface area is 131 Å². The van der Waals surface area contributed by atoms with Crippen LogP contribution in [0.25, 0.3) is 0 Å². The molecule has 21 heavy (non-hydrogen) atoms. The first kappa shape index (κ1) is 15.9. The van der Waals surface area contributed by atoms with Crippen molar-refractivity contribution in [3.63, 3.8) is 0 Å². The number of nitrogens with zero attached hydrogens (tertiary/aromatic N) is 1. The van der Waals surface area contributed by atoms with Crippen LogP contribution in [0.5, 0.6) is 0 Å². The van der Waals surface area contributed by atoms with Crippen molar-refractivity contribution in [2.24, 2.45) is 11.7 Å². The second-order valence-electron chi connectivity index (χ2n) is 5.25. The second-order valence-corrected chi connectivity index (χ2v) is 5.78. The van der Waals surface area contributed by atoms with Crippen LogP contribution in [-0.4, -0.2) is 30.2 Å². The van der Waals surface area contributed by atoms with E-state index in [1.54, 1.807) is 4.90 Å². The van der Waals surface area contributed by atoms with Crippen LogP contribution < -0.4 is 10.6 Å². The van der Waals surface area contributed by atoms with Gasteiger partial charge in [-0.15, -0.1) is 0 Å². The molecule has 4 nitrogen and oxygen atoms in total. The maximum atomic E-state index is 12.9. The summed E-state index contributed by atoms with van der Waals surface area (Å²) in [5.74, 6) is 0.0448. The van der Waals surface area contributed by atoms with Gasteiger partial charge in [-0.1, -0.05) is 37.3 Å². The molecule has 0 bridgehead atoms. The van der Waals surface area contributed by atoms with Crippen molar-refractivity contribution < 1.29 is 9.53 Å². The lowest BCUT2D eigenvalue weighted by Gasteiger charge is -2.27. The van der Waals surface area contributed by atoms with Crippen molar-refractivity contribution in [1.29, 1.82) is 0 Å². The quantitative estimate of drug-likeness (QED) is 0.821. The van der Waals surface area contributed by atoms with E-state index in [2.05, 4.69) is 6.92 Å². The third kappa shape index (κ3) is 4.02. The van der Waals surface area contributed by atoms with Gasteiger partial charge < -0.3 is 15.4 Å². The molecule has 1 amide bonds. The molecule has 1 aliphatic rings. The summed E-state index contributed by atoms with van der Waals surface area (Å²) in [4.78, 5) is 15.1. The molecule has 1 aromatic carbocycles. The Kier molecular flexibility index (Phi) is 5.70.